The van der Waals surface area contributed by atoms with E-state index in [2.05, 4.69) is 47.2 Å². The minimum absolute atomic E-state index is 0.0734. The Morgan fingerprint density at radius 2 is 1.93 bits per heavy atom. The first-order valence-corrected chi connectivity index (χ1v) is 12.5. The van der Waals surface area contributed by atoms with Crippen LogP contribution in [0.15, 0.2) is 32.0 Å². The Morgan fingerprint density at radius 1 is 1.18 bits per heavy atom. The van der Waals surface area contributed by atoms with E-state index < -0.39 is 16.1 Å². The molecule has 1 aliphatic heterocycles. The van der Waals surface area contributed by atoms with E-state index in [9.17, 15) is 13.2 Å². The third-order valence-electron chi connectivity index (χ3n) is 5.07. The Balaban J connectivity index is 1.46. The van der Waals surface area contributed by atoms with Crippen molar-refractivity contribution in [1.29, 1.82) is 0 Å². The summed E-state index contributed by atoms with van der Waals surface area (Å²) in [7, 11) is -3.66. The summed E-state index contributed by atoms with van der Waals surface area (Å²) < 4.78 is 34.6. The maximum atomic E-state index is 12.7. The highest BCUT2D eigenvalue weighted by Gasteiger charge is 2.30. The van der Waals surface area contributed by atoms with Crippen LogP contribution in [0.1, 0.15) is 38.5 Å². The zero-order valence-corrected chi connectivity index (χ0v) is 19.4. The highest BCUT2D eigenvalue weighted by Crippen LogP contribution is 2.26. The summed E-state index contributed by atoms with van der Waals surface area (Å²) in [5.41, 5.74) is 0. The summed E-state index contributed by atoms with van der Waals surface area (Å²) in [5, 5.41) is 6.13. The van der Waals surface area contributed by atoms with Gasteiger partial charge in [0.15, 0.2) is 0 Å². The highest BCUT2D eigenvalue weighted by molar-refractivity contribution is 9.11. The molecule has 3 N–H and O–H groups in total. The van der Waals surface area contributed by atoms with Crippen molar-refractivity contribution >= 4 is 48.0 Å². The number of hydrogen-bond donors (Lipinski definition) is 3. The van der Waals surface area contributed by atoms with Gasteiger partial charge in [-0.1, -0.05) is 35.2 Å². The van der Waals surface area contributed by atoms with Crippen LogP contribution in [0.2, 0.25) is 0 Å². The largest absolute Gasteiger partial charge is 0.448 e. The van der Waals surface area contributed by atoms with E-state index >= 15 is 0 Å². The Hall–Kier alpha value is -0.680. The lowest BCUT2D eigenvalue weighted by atomic mass is 9.96. The van der Waals surface area contributed by atoms with Crippen LogP contribution in [-0.4, -0.2) is 45.8 Å². The molecule has 0 radical (unpaired) electrons. The molecule has 1 saturated carbocycles. The lowest BCUT2D eigenvalue weighted by Crippen LogP contribution is -2.38. The summed E-state index contributed by atoms with van der Waals surface area (Å²) in [4.78, 5) is 12.1. The molecule has 2 aliphatic rings. The fourth-order valence-electron chi connectivity index (χ4n) is 3.63. The van der Waals surface area contributed by atoms with Crippen LogP contribution in [0, 0.1) is 0 Å². The van der Waals surface area contributed by atoms with Gasteiger partial charge >= 0.3 is 6.09 Å². The number of amides is 1. The van der Waals surface area contributed by atoms with Gasteiger partial charge in [-0.3, -0.25) is 0 Å². The number of hydrogen-bond acceptors (Lipinski definition) is 5. The van der Waals surface area contributed by atoms with Gasteiger partial charge in [0.2, 0.25) is 10.0 Å². The maximum Gasteiger partial charge on any atom is 0.407 e. The van der Waals surface area contributed by atoms with Gasteiger partial charge < -0.3 is 15.4 Å². The second kappa shape index (κ2) is 9.88. The number of alkyl carbamates (subject to hydrolysis) is 1. The lowest BCUT2D eigenvalue weighted by molar-refractivity contribution is 0.130. The molecule has 28 heavy (non-hydrogen) atoms. The van der Waals surface area contributed by atoms with Crippen molar-refractivity contribution in [2.24, 2.45) is 0 Å². The van der Waals surface area contributed by atoms with E-state index in [1.54, 1.807) is 18.2 Å². The first-order valence-electron chi connectivity index (χ1n) is 9.47. The van der Waals surface area contributed by atoms with E-state index in [0.29, 0.717) is 21.9 Å². The standard InChI is InChI=1S/C18H25Br2N3O4S/c19-12-6-7-16(20)17(8-12)28(25,26)23-14-9-15(21-10-14)11-27-18(24)22-13-4-2-1-3-5-13/h6-8,13-15,21,23H,1-5,9-11H2,(H,22,24)/t14-,15-/m1/s1. The predicted octanol–water partition coefficient (Wildman–Crippen LogP) is 3.28. The van der Waals surface area contributed by atoms with Crippen molar-refractivity contribution in [3.05, 3.63) is 27.1 Å². The van der Waals surface area contributed by atoms with Crippen LogP contribution < -0.4 is 15.4 Å². The minimum Gasteiger partial charge on any atom is -0.448 e. The smallest absolute Gasteiger partial charge is 0.407 e. The van der Waals surface area contributed by atoms with E-state index in [0.717, 1.165) is 25.7 Å². The second-order valence-corrected chi connectivity index (χ2v) is 10.8. The van der Waals surface area contributed by atoms with Crippen molar-refractivity contribution in [3.63, 3.8) is 0 Å². The van der Waals surface area contributed by atoms with E-state index in [1.807, 2.05) is 0 Å². The lowest BCUT2D eigenvalue weighted by Gasteiger charge is -2.22. The van der Waals surface area contributed by atoms with Gasteiger partial charge in [0.05, 0.1) is 4.90 Å². The van der Waals surface area contributed by atoms with Crippen molar-refractivity contribution in [2.45, 2.75) is 61.5 Å². The Kier molecular flexibility index (Phi) is 7.77. The number of nitrogens with one attached hydrogen (secondary N) is 3. The fraction of sp³-hybridized carbons (Fsp3) is 0.611. The number of carbonyl (C=O) groups excluding carboxylic acids is 1. The molecule has 2 atom stereocenters. The average Bonchev–Trinajstić information content (AvgIpc) is 3.09. The van der Waals surface area contributed by atoms with E-state index in [4.69, 9.17) is 4.74 Å². The van der Waals surface area contributed by atoms with Crippen LogP contribution >= 0.6 is 31.9 Å². The Labute approximate surface area is 182 Å². The number of sulfonamides is 1. The highest BCUT2D eigenvalue weighted by atomic mass is 79.9. The molecule has 10 heteroatoms. The third kappa shape index (κ3) is 6.16. The molecule has 2 fully saturated rings. The van der Waals surface area contributed by atoms with Gasteiger partial charge in [-0.05, 0) is 53.4 Å². The van der Waals surface area contributed by atoms with E-state index in [1.165, 1.54) is 6.42 Å². The first kappa shape index (κ1) is 22.0. The Morgan fingerprint density at radius 3 is 2.68 bits per heavy atom. The van der Waals surface area contributed by atoms with Crippen molar-refractivity contribution in [1.82, 2.24) is 15.4 Å². The molecular formula is C18H25Br2N3O4S. The van der Waals surface area contributed by atoms with Crippen LogP contribution in [0.3, 0.4) is 0 Å². The normalized spacial score (nSPS) is 23.5. The molecular weight excluding hydrogens is 514 g/mol. The minimum atomic E-state index is -3.66. The summed E-state index contributed by atoms with van der Waals surface area (Å²) in [6.45, 7) is 0.709. The van der Waals surface area contributed by atoms with Gasteiger partial charge in [-0.25, -0.2) is 17.9 Å². The summed E-state index contributed by atoms with van der Waals surface area (Å²) in [5.74, 6) is 0. The average molecular weight is 539 g/mol. The van der Waals surface area contributed by atoms with E-state index in [-0.39, 0.29) is 29.6 Å². The Bertz CT molecular complexity index is 800. The molecule has 0 bridgehead atoms. The number of rotatable bonds is 6. The number of ether oxygens (including phenoxy) is 1. The van der Waals surface area contributed by atoms with Gasteiger partial charge in [-0.2, -0.15) is 0 Å². The second-order valence-electron chi connectivity index (χ2n) is 7.31. The molecule has 0 unspecified atom stereocenters. The molecule has 0 spiro atoms. The zero-order chi connectivity index (χ0) is 20.1. The van der Waals surface area contributed by atoms with Gasteiger partial charge in [0.1, 0.15) is 6.61 Å². The predicted molar refractivity (Wildman–Crippen MR) is 114 cm³/mol. The zero-order valence-electron chi connectivity index (χ0n) is 15.4. The van der Waals surface area contributed by atoms with Crippen molar-refractivity contribution < 1.29 is 17.9 Å². The number of benzene rings is 1. The quantitative estimate of drug-likeness (QED) is 0.516. The summed E-state index contributed by atoms with van der Waals surface area (Å²) in [6, 6.07) is 4.90. The molecule has 1 amide bonds. The molecule has 0 aromatic heterocycles. The maximum absolute atomic E-state index is 12.7. The summed E-state index contributed by atoms with van der Waals surface area (Å²) in [6.07, 6.45) is 5.69. The van der Waals surface area contributed by atoms with Gasteiger partial charge in [-0.15, -0.1) is 0 Å². The first-order chi connectivity index (χ1) is 13.3. The molecule has 1 aliphatic carbocycles. The molecule has 3 rings (SSSR count). The summed E-state index contributed by atoms with van der Waals surface area (Å²) >= 11 is 6.59. The van der Waals surface area contributed by atoms with Crippen LogP contribution in [0.5, 0.6) is 0 Å². The van der Waals surface area contributed by atoms with Crippen LogP contribution in [-0.2, 0) is 14.8 Å². The van der Waals surface area contributed by atoms with Crippen LogP contribution in [0.25, 0.3) is 0 Å². The number of halogens is 2. The molecule has 1 heterocycles. The van der Waals surface area contributed by atoms with Crippen LogP contribution in [0.4, 0.5) is 4.79 Å². The molecule has 7 nitrogen and oxygen atoms in total. The SMILES string of the molecule is O=C(NC1CCCCC1)OC[C@H]1C[C@@H](NS(=O)(=O)c2cc(Br)ccc2Br)CN1. The monoisotopic (exact) mass is 537 g/mol. The van der Waals surface area contributed by atoms with Gasteiger partial charge in [0, 0.05) is 33.6 Å². The molecule has 1 aromatic carbocycles. The molecule has 156 valence electrons. The number of carbonyl (C=O) groups is 1. The van der Waals surface area contributed by atoms with Crippen molar-refractivity contribution in [3.8, 4) is 0 Å². The molecule has 1 aromatic rings. The van der Waals surface area contributed by atoms with Crippen molar-refractivity contribution in [2.75, 3.05) is 13.2 Å². The topological polar surface area (TPSA) is 96.5 Å². The van der Waals surface area contributed by atoms with Gasteiger partial charge in [0.25, 0.3) is 0 Å². The third-order valence-corrected chi connectivity index (χ3v) is 8.08. The molecule has 1 saturated heterocycles. The fourth-order valence-corrected chi connectivity index (χ4v) is 6.38.